The molecule has 0 aromatic heterocycles. The van der Waals surface area contributed by atoms with Crippen LogP contribution in [-0.4, -0.2) is 35.6 Å². The van der Waals surface area contributed by atoms with Crippen LogP contribution in [0.15, 0.2) is 158 Å². The first-order valence-electron chi connectivity index (χ1n) is 19.3. The predicted octanol–water partition coefficient (Wildman–Crippen LogP) is 7.31. The first-order valence-corrected chi connectivity index (χ1v) is 19.3. The Morgan fingerprint density at radius 2 is 0.845 bits per heavy atom. The van der Waals surface area contributed by atoms with Gasteiger partial charge in [0.05, 0.1) is 11.1 Å². The number of hydrogen-bond donors (Lipinski definition) is 2. The molecular formula is C50H28B2FNO4. The number of carboxylic acid groups (broad SMARTS) is 2. The van der Waals surface area contributed by atoms with E-state index in [0.717, 1.165) is 55.9 Å². The van der Waals surface area contributed by atoms with Crippen molar-refractivity contribution in [3.63, 3.8) is 0 Å². The van der Waals surface area contributed by atoms with Crippen LogP contribution in [0.3, 0.4) is 0 Å². The van der Waals surface area contributed by atoms with Crippen molar-refractivity contribution in [1.29, 1.82) is 0 Å². The molecule has 0 spiro atoms. The van der Waals surface area contributed by atoms with Gasteiger partial charge in [-0.1, -0.05) is 108 Å². The first-order chi connectivity index (χ1) is 28.3. The molecule has 8 aromatic carbocycles. The van der Waals surface area contributed by atoms with Crippen LogP contribution in [0.1, 0.15) is 20.7 Å². The van der Waals surface area contributed by atoms with E-state index in [1.807, 2.05) is 36.4 Å². The van der Waals surface area contributed by atoms with E-state index in [1.54, 1.807) is 24.3 Å². The van der Waals surface area contributed by atoms with Gasteiger partial charge in [0.15, 0.2) is 0 Å². The highest BCUT2D eigenvalue weighted by molar-refractivity contribution is 7.05. The molecular weight excluding hydrogens is 719 g/mol. The van der Waals surface area contributed by atoms with Crippen molar-refractivity contribution in [3.8, 4) is 55.6 Å². The molecule has 0 fully saturated rings. The van der Waals surface area contributed by atoms with Gasteiger partial charge in [0.2, 0.25) is 13.4 Å². The maximum absolute atomic E-state index is 14.4. The van der Waals surface area contributed by atoms with Crippen LogP contribution in [0.2, 0.25) is 0 Å². The molecule has 0 bridgehead atoms. The zero-order valence-electron chi connectivity index (χ0n) is 30.7. The van der Waals surface area contributed by atoms with Crippen LogP contribution in [0.4, 0.5) is 21.5 Å². The summed E-state index contributed by atoms with van der Waals surface area (Å²) in [7, 11) is 0. The summed E-state index contributed by atoms with van der Waals surface area (Å²) < 4.78 is 14.4. The third kappa shape index (κ3) is 4.48. The number of nitrogens with zero attached hydrogens (tertiary/aromatic N) is 1. The SMILES string of the molecule is O=C(O)c1ccc(-c2ccc3c(c2)-c2cccc4c2B3c2cc(-c3ccc(F)cc3)cc3c2N4c2cccc4c2B3c2ccc(-c3ccc(C(=O)O)cc3)cc2-4)cc1. The van der Waals surface area contributed by atoms with E-state index >= 15 is 0 Å². The molecule has 0 aliphatic carbocycles. The highest BCUT2D eigenvalue weighted by Gasteiger charge is 2.49. The summed E-state index contributed by atoms with van der Waals surface area (Å²) in [6.07, 6.45) is 0. The molecule has 0 atom stereocenters. The molecule has 0 radical (unpaired) electrons. The molecule has 4 heterocycles. The number of benzene rings is 8. The summed E-state index contributed by atoms with van der Waals surface area (Å²) in [6.45, 7) is -0.0893. The van der Waals surface area contributed by atoms with Gasteiger partial charge >= 0.3 is 11.9 Å². The molecule has 8 heteroatoms. The van der Waals surface area contributed by atoms with Gasteiger partial charge in [-0.25, -0.2) is 14.0 Å². The number of hydrogen-bond acceptors (Lipinski definition) is 3. The lowest BCUT2D eigenvalue weighted by atomic mass is 9.32. The second-order valence-electron chi connectivity index (χ2n) is 15.6. The molecule has 4 aliphatic rings. The average Bonchev–Trinajstić information content (AvgIpc) is 3.77. The summed E-state index contributed by atoms with van der Waals surface area (Å²) in [5, 5.41) is 19.0. The largest absolute Gasteiger partial charge is 0.478 e. The molecule has 12 rings (SSSR count). The fourth-order valence-electron chi connectivity index (χ4n) is 10.1. The van der Waals surface area contributed by atoms with Gasteiger partial charge in [-0.2, -0.15) is 0 Å². The monoisotopic (exact) mass is 747 g/mol. The van der Waals surface area contributed by atoms with Crippen molar-refractivity contribution >= 4 is 75.2 Å². The van der Waals surface area contributed by atoms with Gasteiger partial charge in [-0.15, -0.1) is 0 Å². The summed E-state index contributed by atoms with van der Waals surface area (Å²) >= 11 is 0. The van der Waals surface area contributed by atoms with Gasteiger partial charge in [-0.05, 0) is 138 Å². The Kier molecular flexibility index (Phi) is 6.66. The van der Waals surface area contributed by atoms with Crippen molar-refractivity contribution in [1.82, 2.24) is 0 Å². The minimum absolute atomic E-state index is 0.0446. The Labute approximate surface area is 333 Å². The van der Waals surface area contributed by atoms with E-state index in [1.165, 1.54) is 61.7 Å². The van der Waals surface area contributed by atoms with E-state index in [-0.39, 0.29) is 30.4 Å². The van der Waals surface area contributed by atoms with Crippen LogP contribution in [-0.2, 0) is 0 Å². The Balaban J connectivity index is 1.09. The molecule has 8 aromatic rings. The summed E-state index contributed by atoms with van der Waals surface area (Å²) in [4.78, 5) is 25.7. The number of carbonyl (C=O) groups is 2. The molecule has 270 valence electrons. The number of carboxylic acids is 2. The van der Waals surface area contributed by atoms with Crippen LogP contribution >= 0.6 is 0 Å². The van der Waals surface area contributed by atoms with Gasteiger partial charge in [-0.3, -0.25) is 0 Å². The van der Waals surface area contributed by atoms with Crippen LogP contribution in [0, 0.1) is 5.82 Å². The highest BCUT2D eigenvalue weighted by atomic mass is 19.1. The average molecular weight is 747 g/mol. The molecule has 2 N–H and O–H groups in total. The maximum atomic E-state index is 14.4. The minimum atomic E-state index is -0.947. The fourth-order valence-corrected chi connectivity index (χ4v) is 10.1. The summed E-state index contributed by atoms with van der Waals surface area (Å²) in [5.74, 6) is -2.17. The molecule has 0 amide bonds. The number of aromatic carboxylic acids is 2. The van der Waals surface area contributed by atoms with Crippen LogP contribution in [0.5, 0.6) is 0 Å². The fraction of sp³-hybridized carbons (Fsp3) is 0. The molecule has 4 aliphatic heterocycles. The Bertz CT molecular complexity index is 2960. The number of halogens is 1. The van der Waals surface area contributed by atoms with Crippen LogP contribution < -0.4 is 37.7 Å². The first kappa shape index (κ1) is 32.8. The summed E-state index contributed by atoms with van der Waals surface area (Å²) in [6, 6.07) is 52.0. The lowest BCUT2D eigenvalue weighted by Gasteiger charge is -2.43. The topological polar surface area (TPSA) is 77.8 Å². The van der Waals surface area contributed by atoms with Crippen molar-refractivity contribution in [3.05, 3.63) is 175 Å². The third-order valence-electron chi connectivity index (χ3n) is 12.7. The quantitative estimate of drug-likeness (QED) is 0.181. The number of anilines is 3. The normalized spacial score (nSPS) is 13.1. The van der Waals surface area contributed by atoms with Crippen molar-refractivity contribution < 1.29 is 24.2 Å². The van der Waals surface area contributed by atoms with Gasteiger partial charge in [0, 0.05) is 17.1 Å². The molecule has 58 heavy (non-hydrogen) atoms. The molecule has 0 saturated heterocycles. The Morgan fingerprint density at radius 1 is 0.431 bits per heavy atom. The number of fused-ring (bicyclic) bond motifs is 10. The molecule has 5 nitrogen and oxygen atoms in total. The zero-order chi connectivity index (χ0) is 39.0. The van der Waals surface area contributed by atoms with Gasteiger partial charge in [0.25, 0.3) is 0 Å². The minimum Gasteiger partial charge on any atom is -0.478 e. The summed E-state index contributed by atoms with van der Waals surface area (Å²) in [5.41, 5.74) is 21.9. The second kappa shape index (κ2) is 11.8. The van der Waals surface area contributed by atoms with Gasteiger partial charge < -0.3 is 15.1 Å². The Hall–Kier alpha value is -7.44. The number of rotatable bonds is 5. The van der Waals surface area contributed by atoms with E-state index < -0.39 is 11.9 Å². The van der Waals surface area contributed by atoms with Crippen molar-refractivity contribution in [2.75, 3.05) is 4.90 Å². The van der Waals surface area contributed by atoms with Gasteiger partial charge in [0.1, 0.15) is 5.82 Å². The smallest absolute Gasteiger partial charge is 0.335 e. The predicted molar refractivity (Wildman–Crippen MR) is 231 cm³/mol. The maximum Gasteiger partial charge on any atom is 0.335 e. The van der Waals surface area contributed by atoms with Crippen molar-refractivity contribution in [2.24, 2.45) is 0 Å². The van der Waals surface area contributed by atoms with E-state index in [0.29, 0.717) is 0 Å². The second-order valence-corrected chi connectivity index (χ2v) is 15.6. The Morgan fingerprint density at radius 3 is 1.29 bits per heavy atom. The highest BCUT2D eigenvalue weighted by Crippen LogP contribution is 2.45. The third-order valence-corrected chi connectivity index (χ3v) is 12.7. The standard InChI is InChI=1S/C50H28B2FNO4/c53-35-19-15-29(16-20-35)34-25-42-48-43(26-34)52-41-22-18-33(28-9-13-31(14-10-28)50(57)58)24-39(41)37-4-2-6-45(47(37)52)54(48)44-5-1-3-36-38-23-32(17-21-40(38)51(42)46(36)44)27-7-11-30(12-8-27)49(55)56/h1-26H,(H,55,56)(H,57,58). The zero-order valence-corrected chi connectivity index (χ0v) is 30.7. The van der Waals surface area contributed by atoms with E-state index in [9.17, 15) is 24.2 Å². The molecule has 0 saturated carbocycles. The van der Waals surface area contributed by atoms with E-state index in [2.05, 4.69) is 89.8 Å². The molecule has 0 unspecified atom stereocenters. The lowest BCUT2D eigenvalue weighted by molar-refractivity contribution is 0.0686. The van der Waals surface area contributed by atoms with Crippen molar-refractivity contribution in [2.45, 2.75) is 0 Å². The lowest BCUT2D eigenvalue weighted by Crippen LogP contribution is -2.63. The van der Waals surface area contributed by atoms with Crippen LogP contribution in [0.25, 0.3) is 55.6 Å². The van der Waals surface area contributed by atoms with E-state index in [4.69, 9.17) is 0 Å².